The Labute approximate surface area is 182 Å². The molecule has 0 unspecified atom stereocenters. The summed E-state index contributed by atoms with van der Waals surface area (Å²) in [5.74, 6) is -0.0122. The number of β-amino-alcohol motifs (C(OH)–C–C–N with tert-alkyl or cyclic N) is 1. The van der Waals surface area contributed by atoms with Gasteiger partial charge in [-0.1, -0.05) is 6.07 Å². The lowest BCUT2D eigenvalue weighted by Gasteiger charge is -2.39. The summed E-state index contributed by atoms with van der Waals surface area (Å²) in [6.45, 7) is 2.96. The van der Waals surface area contributed by atoms with Crippen LogP contribution in [0.4, 0.5) is 0 Å². The SMILES string of the molecule is O=C(NCc1cccnc1)[C@@H]1C[C@@H](O)CN1C1CCN(C(=O)CN2CCCC2=O)CC1. The van der Waals surface area contributed by atoms with Crippen LogP contribution in [0.5, 0.6) is 0 Å². The van der Waals surface area contributed by atoms with E-state index in [9.17, 15) is 19.5 Å². The summed E-state index contributed by atoms with van der Waals surface area (Å²) in [6, 6.07) is 3.55. The first kappa shape index (κ1) is 21.7. The van der Waals surface area contributed by atoms with E-state index in [4.69, 9.17) is 0 Å². The molecule has 1 aromatic rings. The van der Waals surface area contributed by atoms with Crippen LogP contribution in [-0.4, -0.2) is 93.4 Å². The molecule has 0 spiro atoms. The van der Waals surface area contributed by atoms with Crippen molar-refractivity contribution >= 4 is 17.7 Å². The molecule has 3 aliphatic rings. The molecule has 2 N–H and O–H groups in total. The third kappa shape index (κ3) is 5.22. The monoisotopic (exact) mass is 429 g/mol. The molecular weight excluding hydrogens is 398 g/mol. The number of pyridine rings is 1. The van der Waals surface area contributed by atoms with Crippen LogP contribution in [0.1, 0.15) is 37.7 Å². The van der Waals surface area contributed by atoms with E-state index in [0.717, 1.165) is 24.8 Å². The summed E-state index contributed by atoms with van der Waals surface area (Å²) in [5.41, 5.74) is 0.934. The average Bonchev–Trinajstić information content (AvgIpc) is 3.38. The number of aliphatic hydroxyl groups excluding tert-OH is 1. The minimum Gasteiger partial charge on any atom is -0.392 e. The fourth-order valence-corrected chi connectivity index (χ4v) is 4.89. The highest BCUT2D eigenvalue weighted by molar-refractivity contribution is 5.86. The lowest BCUT2D eigenvalue weighted by Crippen LogP contribution is -2.53. The molecular formula is C22H31N5O4. The van der Waals surface area contributed by atoms with Crippen molar-refractivity contribution < 1.29 is 19.5 Å². The number of aromatic nitrogens is 1. The van der Waals surface area contributed by atoms with E-state index in [2.05, 4.69) is 15.2 Å². The van der Waals surface area contributed by atoms with Crippen LogP contribution in [0.25, 0.3) is 0 Å². The van der Waals surface area contributed by atoms with Crippen LogP contribution in [0.15, 0.2) is 24.5 Å². The standard InChI is InChI=1S/C22H31N5O4/c28-18-11-19(22(31)24-13-16-3-1-7-23-12-16)27(14-18)17-5-9-25(10-6-17)21(30)15-26-8-2-4-20(26)29/h1,3,7,12,17-19,28H,2,4-6,8-11,13-15H2,(H,24,31)/t18-,19+/m1/s1. The molecule has 3 saturated heterocycles. The lowest BCUT2D eigenvalue weighted by atomic mass is 10.0. The molecule has 4 rings (SSSR count). The van der Waals surface area contributed by atoms with Gasteiger partial charge >= 0.3 is 0 Å². The zero-order chi connectivity index (χ0) is 21.8. The number of hydrogen-bond donors (Lipinski definition) is 2. The van der Waals surface area contributed by atoms with Gasteiger partial charge in [0.05, 0.1) is 18.7 Å². The van der Waals surface area contributed by atoms with Gasteiger partial charge in [0, 0.05) is 57.6 Å². The third-order valence-electron chi connectivity index (χ3n) is 6.59. The predicted octanol–water partition coefficient (Wildman–Crippen LogP) is -0.254. The van der Waals surface area contributed by atoms with E-state index in [0.29, 0.717) is 45.6 Å². The quantitative estimate of drug-likeness (QED) is 0.646. The number of amides is 3. The molecule has 3 fully saturated rings. The fourth-order valence-electron chi connectivity index (χ4n) is 4.89. The van der Waals surface area contributed by atoms with E-state index in [-0.39, 0.29) is 36.3 Å². The molecule has 4 heterocycles. The molecule has 3 aliphatic heterocycles. The second-order valence-electron chi connectivity index (χ2n) is 8.71. The Morgan fingerprint density at radius 2 is 2.03 bits per heavy atom. The van der Waals surface area contributed by atoms with Crippen LogP contribution in [0.2, 0.25) is 0 Å². The van der Waals surface area contributed by atoms with Gasteiger partial charge in [-0.2, -0.15) is 0 Å². The van der Waals surface area contributed by atoms with Crippen LogP contribution >= 0.6 is 0 Å². The highest BCUT2D eigenvalue weighted by Gasteiger charge is 2.41. The molecule has 0 bridgehead atoms. The number of rotatable bonds is 6. The van der Waals surface area contributed by atoms with Crippen molar-refractivity contribution in [1.82, 2.24) is 25.0 Å². The molecule has 3 amide bonds. The Balaban J connectivity index is 1.28. The molecule has 31 heavy (non-hydrogen) atoms. The highest BCUT2D eigenvalue weighted by Crippen LogP contribution is 2.27. The summed E-state index contributed by atoms with van der Waals surface area (Å²) < 4.78 is 0. The van der Waals surface area contributed by atoms with Gasteiger partial charge in [0.25, 0.3) is 0 Å². The smallest absolute Gasteiger partial charge is 0.242 e. The number of hydrogen-bond acceptors (Lipinski definition) is 6. The maximum absolute atomic E-state index is 12.8. The zero-order valence-corrected chi connectivity index (χ0v) is 17.8. The van der Waals surface area contributed by atoms with E-state index in [1.54, 1.807) is 17.3 Å². The van der Waals surface area contributed by atoms with Crippen LogP contribution in [0.3, 0.4) is 0 Å². The topological polar surface area (TPSA) is 106 Å². The number of likely N-dealkylation sites (tertiary alicyclic amines) is 3. The van der Waals surface area contributed by atoms with Crippen LogP contribution in [-0.2, 0) is 20.9 Å². The van der Waals surface area contributed by atoms with Gasteiger partial charge in [0.2, 0.25) is 17.7 Å². The maximum atomic E-state index is 12.8. The molecule has 0 saturated carbocycles. The number of aliphatic hydroxyl groups is 1. The molecule has 2 atom stereocenters. The van der Waals surface area contributed by atoms with Crippen molar-refractivity contribution in [3.8, 4) is 0 Å². The van der Waals surface area contributed by atoms with Gasteiger partial charge in [-0.05, 0) is 37.3 Å². The Hall–Kier alpha value is -2.52. The maximum Gasteiger partial charge on any atom is 0.242 e. The summed E-state index contributed by atoms with van der Waals surface area (Å²) >= 11 is 0. The number of carbonyl (C=O) groups is 3. The first-order valence-electron chi connectivity index (χ1n) is 11.2. The second kappa shape index (κ2) is 9.74. The number of nitrogens with one attached hydrogen (secondary N) is 1. The molecule has 9 nitrogen and oxygen atoms in total. The number of piperidine rings is 1. The van der Waals surface area contributed by atoms with Gasteiger partial charge in [-0.15, -0.1) is 0 Å². The normalized spacial score (nSPS) is 25.3. The second-order valence-corrected chi connectivity index (χ2v) is 8.71. The largest absolute Gasteiger partial charge is 0.392 e. The minimum atomic E-state index is -0.519. The Morgan fingerprint density at radius 3 is 2.71 bits per heavy atom. The Bertz CT molecular complexity index is 796. The molecule has 0 aromatic carbocycles. The number of carbonyl (C=O) groups excluding carboxylic acids is 3. The molecule has 1 aromatic heterocycles. The molecule has 9 heteroatoms. The van der Waals surface area contributed by atoms with Gasteiger partial charge in [0.15, 0.2) is 0 Å². The van der Waals surface area contributed by atoms with Gasteiger partial charge in [-0.3, -0.25) is 24.3 Å². The third-order valence-corrected chi connectivity index (χ3v) is 6.59. The predicted molar refractivity (Wildman–Crippen MR) is 113 cm³/mol. The van der Waals surface area contributed by atoms with Crippen molar-refractivity contribution in [3.63, 3.8) is 0 Å². The fraction of sp³-hybridized carbons (Fsp3) is 0.636. The van der Waals surface area contributed by atoms with Crippen molar-refractivity contribution in [2.24, 2.45) is 0 Å². The van der Waals surface area contributed by atoms with Gasteiger partial charge in [0.1, 0.15) is 0 Å². The average molecular weight is 430 g/mol. The lowest BCUT2D eigenvalue weighted by molar-refractivity contribution is -0.139. The van der Waals surface area contributed by atoms with E-state index >= 15 is 0 Å². The highest BCUT2D eigenvalue weighted by atomic mass is 16.3. The van der Waals surface area contributed by atoms with Crippen molar-refractivity contribution in [1.29, 1.82) is 0 Å². The summed E-state index contributed by atoms with van der Waals surface area (Å²) in [6.07, 6.45) is 6.22. The van der Waals surface area contributed by atoms with E-state index in [1.807, 2.05) is 17.0 Å². The number of nitrogens with zero attached hydrogens (tertiary/aromatic N) is 4. The first-order chi connectivity index (χ1) is 15.0. The van der Waals surface area contributed by atoms with Crippen molar-refractivity contribution in [2.75, 3.05) is 32.7 Å². The van der Waals surface area contributed by atoms with Crippen molar-refractivity contribution in [3.05, 3.63) is 30.1 Å². The summed E-state index contributed by atoms with van der Waals surface area (Å²) in [5, 5.41) is 13.2. The molecule has 0 radical (unpaired) electrons. The van der Waals surface area contributed by atoms with Gasteiger partial charge in [-0.25, -0.2) is 0 Å². The van der Waals surface area contributed by atoms with Crippen LogP contribution in [0, 0.1) is 0 Å². The molecule has 168 valence electrons. The minimum absolute atomic E-state index is 0.000852. The molecule has 0 aliphatic carbocycles. The zero-order valence-electron chi connectivity index (χ0n) is 17.8. The summed E-state index contributed by atoms with van der Waals surface area (Å²) in [7, 11) is 0. The van der Waals surface area contributed by atoms with E-state index in [1.165, 1.54) is 0 Å². The van der Waals surface area contributed by atoms with Crippen LogP contribution < -0.4 is 5.32 Å². The Morgan fingerprint density at radius 1 is 1.23 bits per heavy atom. The van der Waals surface area contributed by atoms with Crippen molar-refractivity contribution in [2.45, 2.75) is 56.8 Å². The first-order valence-corrected chi connectivity index (χ1v) is 11.2. The van der Waals surface area contributed by atoms with E-state index < -0.39 is 6.10 Å². The summed E-state index contributed by atoms with van der Waals surface area (Å²) in [4.78, 5) is 46.8. The van der Waals surface area contributed by atoms with Gasteiger partial charge < -0.3 is 20.2 Å². The Kier molecular flexibility index (Phi) is 6.82.